The average Bonchev–Trinajstić information content (AvgIpc) is 2.80. The van der Waals surface area contributed by atoms with Crippen molar-refractivity contribution in [3.05, 3.63) is 47.5 Å². The summed E-state index contributed by atoms with van der Waals surface area (Å²) in [6.07, 6.45) is 0. The van der Waals surface area contributed by atoms with E-state index in [4.69, 9.17) is 29.7 Å². The summed E-state index contributed by atoms with van der Waals surface area (Å²) in [5, 5.41) is 26.2. The summed E-state index contributed by atoms with van der Waals surface area (Å²) in [6.45, 7) is 19.3. The molecule has 0 aromatic heterocycles. The van der Waals surface area contributed by atoms with Crippen LogP contribution in [-0.4, -0.2) is 48.1 Å². The summed E-state index contributed by atoms with van der Waals surface area (Å²) in [7, 11) is 0. The van der Waals surface area contributed by atoms with E-state index in [9.17, 15) is 9.59 Å². The molecule has 42 heavy (non-hydrogen) atoms. The van der Waals surface area contributed by atoms with E-state index in [1.165, 1.54) is 25.1 Å². The van der Waals surface area contributed by atoms with Crippen LogP contribution in [0.4, 0.5) is 0 Å². The maximum Gasteiger partial charge on any atom is 1.00 e. The second kappa shape index (κ2) is 20.0. The number of phenols is 2. The van der Waals surface area contributed by atoms with Gasteiger partial charge in [-0.05, 0) is 106 Å². The summed E-state index contributed by atoms with van der Waals surface area (Å²) >= 11 is 7.10. The number of aromatic hydroxyl groups is 2. The van der Waals surface area contributed by atoms with Gasteiger partial charge in [0.1, 0.15) is 11.2 Å². The normalized spacial score (nSPS) is 13.7. The largest absolute Gasteiger partial charge is 1.00 e. The van der Waals surface area contributed by atoms with Crippen molar-refractivity contribution >= 4 is 49.9 Å². The first-order valence-electron chi connectivity index (χ1n) is 12.2. The molecule has 2 N–H and O–H groups in total. The Balaban J connectivity index is -0.000000256. The van der Waals surface area contributed by atoms with Gasteiger partial charge < -0.3 is 31.3 Å². The quantitative estimate of drug-likeness (QED) is 0.0861. The molecule has 0 bridgehead atoms. The number of halogens is 2. The zero-order valence-electron chi connectivity index (χ0n) is 27.5. The summed E-state index contributed by atoms with van der Waals surface area (Å²) in [5.74, 6) is 0.744. The maximum absolute atomic E-state index is 11.3. The smallest absolute Gasteiger partial charge is 1.00 e. The minimum Gasteiger partial charge on any atom is -1.00 e. The van der Waals surface area contributed by atoms with Crippen molar-refractivity contribution in [1.82, 2.24) is 0 Å². The van der Waals surface area contributed by atoms with Crippen molar-refractivity contribution in [3.63, 3.8) is 0 Å². The molecule has 9 nitrogen and oxygen atoms in total. The summed E-state index contributed by atoms with van der Waals surface area (Å²) in [4.78, 5) is 33.3. The molecule has 1 heterocycles. The molecule has 3 rings (SSSR count). The number of rotatable bonds is 4. The van der Waals surface area contributed by atoms with Crippen LogP contribution in [0.25, 0.3) is 0 Å². The van der Waals surface area contributed by atoms with Gasteiger partial charge in [0, 0.05) is 19.8 Å². The fraction of sp³-hybridized carbons (Fsp3) is 0.483. The van der Waals surface area contributed by atoms with Gasteiger partial charge in [-0.1, -0.05) is 31.9 Å². The molecule has 0 aliphatic carbocycles. The van der Waals surface area contributed by atoms with Crippen molar-refractivity contribution in [2.45, 2.75) is 89.1 Å². The van der Waals surface area contributed by atoms with E-state index in [0.717, 1.165) is 0 Å². The van der Waals surface area contributed by atoms with E-state index < -0.39 is 11.2 Å². The number of hydrogen-bond donors (Lipinski definition) is 2. The summed E-state index contributed by atoms with van der Waals surface area (Å²) in [6, 6.07) is 9.28. The van der Waals surface area contributed by atoms with Gasteiger partial charge in [0.25, 0.3) is 6.47 Å². The van der Waals surface area contributed by atoms with Crippen LogP contribution in [0, 0.1) is 0 Å². The predicted molar refractivity (Wildman–Crippen MR) is 160 cm³/mol. The van der Waals surface area contributed by atoms with Crippen molar-refractivity contribution in [2.75, 3.05) is 0 Å². The number of benzene rings is 2. The first kappa shape index (κ1) is 47.1. The molecule has 0 amide bonds. The van der Waals surface area contributed by atoms with E-state index in [2.05, 4.69) is 64.4 Å². The molecule has 0 saturated heterocycles. The number of fused-ring (bicyclic) bond motifs is 1. The summed E-state index contributed by atoms with van der Waals surface area (Å²) in [5.41, 5.74) is 0.191. The van der Waals surface area contributed by atoms with E-state index in [-0.39, 0.29) is 142 Å². The zero-order chi connectivity index (χ0) is 31.7. The van der Waals surface area contributed by atoms with Crippen molar-refractivity contribution < 1.29 is 148 Å². The average molecular weight is 771 g/mol. The standard InChI is InChI=1S/C14H18O3.C8H8O3.C6H12Br2.CH2O3.2K.H/c1-9(15)10-6-7-11-12(8-10)17-14(4,5)13(2,3)16-11;1-5(9)6-2-3-7(10)8(11)4-6;1-5(2,7)6(3,4)8;2-1-4-3;;;/h6-8H,1-5H3;2-4,10-11H,1H3;1-4H3;1,3H;;;/q;;;;2*+1;-1/p-1. The van der Waals surface area contributed by atoms with Crippen LogP contribution < -0.4 is 118 Å². The van der Waals surface area contributed by atoms with Gasteiger partial charge in [-0.25, -0.2) is 0 Å². The van der Waals surface area contributed by atoms with Gasteiger partial charge in [0.2, 0.25) is 0 Å². The van der Waals surface area contributed by atoms with Crippen LogP contribution in [0.15, 0.2) is 36.4 Å². The topological polar surface area (TPSA) is 142 Å². The fourth-order valence-corrected chi connectivity index (χ4v) is 2.43. The van der Waals surface area contributed by atoms with Gasteiger partial charge in [-0.3, -0.25) is 14.4 Å². The van der Waals surface area contributed by atoms with Crippen molar-refractivity contribution in [1.29, 1.82) is 0 Å². The Morgan fingerprint density at radius 1 is 0.810 bits per heavy atom. The van der Waals surface area contributed by atoms with Gasteiger partial charge in [-0.15, -0.1) is 0 Å². The number of Topliss-reactive ketones (excluding diaryl/α,β-unsaturated/α-hetero) is 2. The minimum atomic E-state index is -0.435. The number of carbonyl (C=O) groups excluding carboxylic acids is 3. The Labute approximate surface area is 352 Å². The first-order chi connectivity index (χ1) is 18.0. The Kier molecular flexibility index (Phi) is 22.4. The summed E-state index contributed by atoms with van der Waals surface area (Å²) < 4.78 is 12.2. The second-order valence-corrected chi connectivity index (χ2v) is 14.8. The first-order valence-corrected chi connectivity index (χ1v) is 13.8. The predicted octanol–water partition coefficient (Wildman–Crippen LogP) is 0.407. The number of ether oxygens (including phenoxy) is 2. The molecular weight excluding hydrogens is 730 g/mol. The Bertz CT molecular complexity index is 1170. The van der Waals surface area contributed by atoms with Gasteiger partial charge in [0.05, 0.1) is 0 Å². The Morgan fingerprint density at radius 3 is 1.50 bits per heavy atom. The van der Waals surface area contributed by atoms with E-state index >= 15 is 0 Å². The Morgan fingerprint density at radius 2 is 1.17 bits per heavy atom. The Hall–Kier alpha value is 0.643. The third-order valence-electron chi connectivity index (χ3n) is 6.37. The molecule has 1 aliphatic heterocycles. The number of alkyl halides is 2. The van der Waals surface area contributed by atoms with Gasteiger partial charge in [0.15, 0.2) is 34.6 Å². The molecule has 0 fully saturated rings. The number of phenolic OH excluding ortho intramolecular Hbond substituents is 2. The van der Waals surface area contributed by atoms with E-state index in [0.29, 0.717) is 22.6 Å². The maximum atomic E-state index is 11.3. The van der Waals surface area contributed by atoms with Crippen LogP contribution in [0.3, 0.4) is 0 Å². The molecule has 2 aromatic rings. The molecular formula is C29H40Br2K2O9. The number of hydrogen-bond acceptors (Lipinski definition) is 9. The SMILES string of the molecule is CC(=O)c1ccc(O)c(O)c1.CC(=O)c1ccc2c(c1)OC(C)(C)C(C)(C)O2.CC(C)(Br)C(C)(C)Br.O=CO[O-].[H-].[K+].[K+]. The zero-order valence-corrected chi connectivity index (χ0v) is 36.0. The van der Waals surface area contributed by atoms with Crippen LogP contribution >= 0.6 is 31.9 Å². The molecule has 13 heteroatoms. The number of ketones is 2. The van der Waals surface area contributed by atoms with Gasteiger partial charge >= 0.3 is 103 Å². The van der Waals surface area contributed by atoms with Crippen molar-refractivity contribution in [3.8, 4) is 23.0 Å². The molecule has 0 saturated carbocycles. The third-order valence-corrected chi connectivity index (χ3v) is 8.88. The van der Waals surface area contributed by atoms with Crippen LogP contribution in [0.2, 0.25) is 0 Å². The second-order valence-electron chi connectivity index (χ2n) is 10.8. The van der Waals surface area contributed by atoms with Crippen LogP contribution in [0.1, 0.15) is 91.4 Å². The monoisotopic (exact) mass is 768 g/mol. The van der Waals surface area contributed by atoms with Crippen LogP contribution in [-0.2, 0) is 9.68 Å². The number of carbonyl (C=O) groups is 3. The molecule has 0 spiro atoms. The molecule has 0 atom stereocenters. The molecule has 2 aromatic carbocycles. The van der Waals surface area contributed by atoms with Crippen LogP contribution in [0.5, 0.6) is 23.0 Å². The third kappa shape index (κ3) is 15.8. The molecule has 0 radical (unpaired) electrons. The fourth-order valence-electron chi connectivity index (χ4n) is 2.43. The molecule has 0 unspecified atom stereocenters. The van der Waals surface area contributed by atoms with E-state index in [1.54, 1.807) is 25.1 Å². The van der Waals surface area contributed by atoms with Gasteiger partial charge in [-0.2, -0.15) is 0 Å². The molecule has 1 aliphatic rings. The molecule has 226 valence electrons. The van der Waals surface area contributed by atoms with Crippen molar-refractivity contribution in [2.24, 2.45) is 0 Å². The van der Waals surface area contributed by atoms with E-state index in [1.807, 2.05) is 27.7 Å². The minimum absolute atomic E-state index is 0.